The molecule has 2 rings (SSSR count). The summed E-state index contributed by atoms with van der Waals surface area (Å²) in [5, 5.41) is 9.91. The van der Waals surface area contributed by atoms with E-state index >= 15 is 0 Å². The van der Waals surface area contributed by atoms with Gasteiger partial charge in [-0.15, -0.1) is 11.8 Å². The van der Waals surface area contributed by atoms with E-state index in [0.29, 0.717) is 0 Å². The van der Waals surface area contributed by atoms with Crippen molar-refractivity contribution in [1.29, 1.82) is 0 Å². The van der Waals surface area contributed by atoms with Crippen LogP contribution in [0.25, 0.3) is 0 Å². The third-order valence-electron chi connectivity index (χ3n) is 2.95. The topological polar surface area (TPSA) is 53.4 Å². The van der Waals surface area contributed by atoms with Crippen LogP contribution < -0.4 is 0 Å². The summed E-state index contributed by atoms with van der Waals surface area (Å²) in [6.45, 7) is 0. The lowest BCUT2D eigenvalue weighted by Crippen LogP contribution is -2.39. The first-order chi connectivity index (χ1) is 7.64. The molecule has 5 heteroatoms. The van der Waals surface area contributed by atoms with E-state index in [1.54, 1.807) is 25.0 Å². The number of aromatic nitrogens is 1. The Bertz CT molecular complexity index is 379. The molecule has 0 spiro atoms. The number of hydrogen-bond acceptors (Lipinski definition) is 3. The lowest BCUT2D eigenvalue weighted by Gasteiger charge is -2.24. The fourth-order valence-electron chi connectivity index (χ4n) is 1.56. The summed E-state index contributed by atoms with van der Waals surface area (Å²) in [6, 6.07) is 5.76. The van der Waals surface area contributed by atoms with Gasteiger partial charge in [0.05, 0.1) is 10.6 Å². The van der Waals surface area contributed by atoms with Crippen LogP contribution in [0.1, 0.15) is 12.8 Å². The van der Waals surface area contributed by atoms with E-state index in [0.717, 1.165) is 23.6 Å². The van der Waals surface area contributed by atoms with Crippen molar-refractivity contribution in [3.8, 4) is 0 Å². The van der Waals surface area contributed by atoms with E-state index < -0.39 is 6.09 Å². The average molecular weight is 238 g/mol. The van der Waals surface area contributed by atoms with Crippen molar-refractivity contribution in [3.05, 3.63) is 24.4 Å². The zero-order valence-corrected chi connectivity index (χ0v) is 9.91. The van der Waals surface area contributed by atoms with Crippen molar-refractivity contribution in [2.75, 3.05) is 12.8 Å². The third kappa shape index (κ3) is 2.29. The fraction of sp³-hybridized carbons (Fsp3) is 0.455. The van der Waals surface area contributed by atoms with Crippen LogP contribution in [0.15, 0.2) is 29.4 Å². The number of amides is 1. The number of carboxylic acid groups (broad SMARTS) is 1. The Hall–Kier alpha value is -1.23. The summed E-state index contributed by atoms with van der Waals surface area (Å²) in [6.07, 6.45) is 2.81. The van der Waals surface area contributed by atoms with Crippen molar-refractivity contribution in [2.24, 2.45) is 0 Å². The van der Waals surface area contributed by atoms with Gasteiger partial charge in [0.2, 0.25) is 0 Å². The summed E-state index contributed by atoms with van der Waals surface area (Å²) in [5.74, 6) is 0.785. The van der Waals surface area contributed by atoms with Gasteiger partial charge in [-0.25, -0.2) is 9.78 Å². The molecule has 1 amide bonds. The highest BCUT2D eigenvalue weighted by Gasteiger charge is 2.48. The highest BCUT2D eigenvalue weighted by Crippen LogP contribution is 2.44. The smallest absolute Gasteiger partial charge is 0.407 e. The maximum Gasteiger partial charge on any atom is 0.407 e. The Balaban J connectivity index is 1.93. The van der Waals surface area contributed by atoms with Gasteiger partial charge < -0.3 is 10.0 Å². The van der Waals surface area contributed by atoms with Crippen LogP contribution in [0.2, 0.25) is 0 Å². The van der Waals surface area contributed by atoms with Crippen LogP contribution in [0.4, 0.5) is 4.79 Å². The van der Waals surface area contributed by atoms with E-state index in [4.69, 9.17) is 5.11 Å². The minimum atomic E-state index is -0.848. The summed E-state index contributed by atoms with van der Waals surface area (Å²) in [7, 11) is 1.65. The zero-order valence-electron chi connectivity index (χ0n) is 9.09. The van der Waals surface area contributed by atoms with Crippen LogP contribution in [0.3, 0.4) is 0 Å². The highest BCUT2D eigenvalue weighted by molar-refractivity contribution is 7.99. The Labute approximate surface area is 98.7 Å². The lowest BCUT2D eigenvalue weighted by atomic mass is 10.3. The molecule has 86 valence electrons. The quantitative estimate of drug-likeness (QED) is 0.818. The molecule has 1 saturated carbocycles. The Morgan fingerprint density at radius 1 is 1.62 bits per heavy atom. The van der Waals surface area contributed by atoms with Crippen LogP contribution >= 0.6 is 11.8 Å². The van der Waals surface area contributed by atoms with Gasteiger partial charge >= 0.3 is 6.09 Å². The van der Waals surface area contributed by atoms with E-state index in [2.05, 4.69) is 4.98 Å². The van der Waals surface area contributed by atoms with Crippen molar-refractivity contribution in [2.45, 2.75) is 23.4 Å². The minimum Gasteiger partial charge on any atom is -0.465 e. The molecular weight excluding hydrogens is 224 g/mol. The molecule has 0 bridgehead atoms. The van der Waals surface area contributed by atoms with Crippen LogP contribution in [-0.4, -0.2) is 39.4 Å². The largest absolute Gasteiger partial charge is 0.465 e. The van der Waals surface area contributed by atoms with Crippen molar-refractivity contribution < 1.29 is 9.90 Å². The molecule has 1 aromatic rings. The Kier molecular flexibility index (Phi) is 3.05. The first kappa shape index (κ1) is 11.3. The summed E-state index contributed by atoms with van der Waals surface area (Å²) in [4.78, 5) is 16.5. The van der Waals surface area contributed by atoms with Gasteiger partial charge in [-0.2, -0.15) is 0 Å². The van der Waals surface area contributed by atoms with Crippen LogP contribution in [0, 0.1) is 0 Å². The molecule has 0 unspecified atom stereocenters. The maximum atomic E-state index is 10.9. The number of rotatable bonds is 4. The molecular formula is C11H14N2O2S. The zero-order chi connectivity index (χ0) is 11.6. The molecule has 0 aliphatic heterocycles. The number of hydrogen-bond donors (Lipinski definition) is 1. The van der Waals surface area contributed by atoms with Gasteiger partial charge in [-0.05, 0) is 25.0 Å². The van der Waals surface area contributed by atoms with Gasteiger partial charge in [0.15, 0.2) is 0 Å². The normalized spacial score (nSPS) is 16.8. The predicted molar refractivity (Wildman–Crippen MR) is 62.7 cm³/mol. The molecule has 1 fully saturated rings. The van der Waals surface area contributed by atoms with Gasteiger partial charge in [0.25, 0.3) is 0 Å². The number of thioether (sulfide) groups is 1. The second-order valence-corrected chi connectivity index (χ2v) is 5.02. The van der Waals surface area contributed by atoms with E-state index in [1.165, 1.54) is 4.90 Å². The molecule has 0 radical (unpaired) electrons. The summed E-state index contributed by atoms with van der Waals surface area (Å²) in [5.41, 5.74) is -0.159. The predicted octanol–water partition coefficient (Wildman–Crippen LogP) is 2.32. The monoisotopic (exact) mass is 238 g/mol. The lowest BCUT2D eigenvalue weighted by molar-refractivity contribution is 0.137. The van der Waals surface area contributed by atoms with E-state index in [-0.39, 0.29) is 5.54 Å². The molecule has 16 heavy (non-hydrogen) atoms. The number of carbonyl (C=O) groups is 1. The molecule has 4 nitrogen and oxygen atoms in total. The molecule has 0 atom stereocenters. The molecule has 1 aliphatic carbocycles. The standard InChI is InChI=1S/C11H14N2O2S/c1-13(10(14)15)11(5-6-11)8-16-9-4-2-3-7-12-9/h2-4,7H,5-6,8H2,1H3,(H,14,15). The van der Waals surface area contributed by atoms with Gasteiger partial charge in [-0.1, -0.05) is 6.07 Å². The van der Waals surface area contributed by atoms with Crippen molar-refractivity contribution in [3.63, 3.8) is 0 Å². The minimum absolute atomic E-state index is 0.159. The maximum absolute atomic E-state index is 10.9. The molecule has 1 heterocycles. The van der Waals surface area contributed by atoms with Gasteiger partial charge in [0.1, 0.15) is 0 Å². The molecule has 0 saturated heterocycles. The van der Waals surface area contributed by atoms with Crippen LogP contribution in [0.5, 0.6) is 0 Å². The molecule has 1 aliphatic rings. The van der Waals surface area contributed by atoms with Crippen molar-refractivity contribution in [1.82, 2.24) is 9.88 Å². The number of pyridine rings is 1. The second kappa shape index (κ2) is 4.33. The third-order valence-corrected chi connectivity index (χ3v) is 4.17. The first-order valence-corrected chi connectivity index (χ1v) is 6.13. The Morgan fingerprint density at radius 3 is 2.88 bits per heavy atom. The van der Waals surface area contributed by atoms with Crippen LogP contribution in [-0.2, 0) is 0 Å². The second-order valence-electron chi connectivity index (χ2n) is 4.02. The fourth-order valence-corrected chi connectivity index (χ4v) is 2.77. The van der Waals surface area contributed by atoms with E-state index in [1.807, 2.05) is 18.2 Å². The summed E-state index contributed by atoms with van der Waals surface area (Å²) >= 11 is 1.62. The first-order valence-electron chi connectivity index (χ1n) is 5.15. The average Bonchev–Trinajstić information content (AvgIpc) is 3.08. The van der Waals surface area contributed by atoms with Gasteiger partial charge in [-0.3, -0.25) is 0 Å². The van der Waals surface area contributed by atoms with Crippen molar-refractivity contribution >= 4 is 17.9 Å². The molecule has 0 aromatic carbocycles. The molecule has 1 N–H and O–H groups in total. The highest BCUT2D eigenvalue weighted by atomic mass is 32.2. The SMILES string of the molecule is CN(C(=O)O)C1(CSc2ccccn2)CC1. The Morgan fingerprint density at radius 2 is 2.38 bits per heavy atom. The summed E-state index contributed by atoms with van der Waals surface area (Å²) < 4.78 is 0. The van der Waals surface area contributed by atoms with E-state index in [9.17, 15) is 4.79 Å². The molecule has 1 aromatic heterocycles. The van der Waals surface area contributed by atoms with Gasteiger partial charge in [0, 0.05) is 19.0 Å². The number of nitrogens with zero attached hydrogens (tertiary/aromatic N) is 2.